The second-order valence-corrected chi connectivity index (χ2v) is 15.6. The third-order valence-electron chi connectivity index (χ3n) is 11.9. The Morgan fingerprint density at radius 1 is 0.836 bits per heavy atom. The maximum Gasteiger partial charge on any atom is 0.573 e. The van der Waals surface area contributed by atoms with Crippen molar-refractivity contribution in [2.45, 2.75) is 70.7 Å². The Morgan fingerprint density at radius 3 is 2.33 bits per heavy atom. The van der Waals surface area contributed by atoms with Gasteiger partial charge in [0.1, 0.15) is 5.75 Å². The first kappa shape index (κ1) is 37.5. The Labute approximate surface area is 320 Å². The van der Waals surface area contributed by atoms with Crippen molar-refractivity contribution in [3.05, 3.63) is 83.6 Å². The summed E-state index contributed by atoms with van der Waals surface area (Å²) in [6.45, 7) is 11.0. The van der Waals surface area contributed by atoms with E-state index in [-0.39, 0.29) is 23.6 Å². The van der Waals surface area contributed by atoms with Crippen molar-refractivity contribution in [2.75, 3.05) is 57.3 Å². The molecule has 3 aromatic carbocycles. The fourth-order valence-electron chi connectivity index (χ4n) is 8.95. The fraction of sp³-hybridized carbons (Fsp3) is 0.476. The molecule has 10 nitrogen and oxygen atoms in total. The van der Waals surface area contributed by atoms with E-state index in [4.69, 9.17) is 5.73 Å². The zero-order chi connectivity index (χ0) is 38.1. The number of nitrogens with one attached hydrogen (secondary N) is 1. The summed E-state index contributed by atoms with van der Waals surface area (Å²) in [6.07, 6.45) is 1.52. The Kier molecular flexibility index (Phi) is 10.9. The summed E-state index contributed by atoms with van der Waals surface area (Å²) in [5.74, 6) is 0.107. The molecule has 0 spiro atoms. The molecule has 3 N–H and O–H groups in total. The number of imide groups is 1. The van der Waals surface area contributed by atoms with E-state index in [1.54, 1.807) is 12.1 Å². The Hall–Kier alpha value is -4.43. The topological polar surface area (TPSA) is 99.3 Å². The average molecular weight is 758 g/mol. The van der Waals surface area contributed by atoms with Gasteiger partial charge < -0.3 is 19.9 Å². The minimum absolute atomic E-state index is 0.168. The molecular formula is C42H50F3N7O3. The number of carbonyl (C=O) groups is 2. The second-order valence-electron chi connectivity index (χ2n) is 15.6. The number of anilines is 1. The number of fused-ring (bicyclic) bond motifs is 2. The van der Waals surface area contributed by atoms with Gasteiger partial charge in [-0.2, -0.15) is 0 Å². The largest absolute Gasteiger partial charge is 0.573 e. The maximum atomic E-state index is 12.8. The Bertz CT molecular complexity index is 2000. The van der Waals surface area contributed by atoms with Gasteiger partial charge in [-0.15, -0.1) is 13.2 Å². The number of amides is 2. The summed E-state index contributed by atoms with van der Waals surface area (Å²) in [7, 11) is 0. The number of alkyl halides is 3. The van der Waals surface area contributed by atoms with Crippen molar-refractivity contribution in [1.29, 1.82) is 0 Å². The first-order valence-electron chi connectivity index (χ1n) is 19.7. The fourth-order valence-corrected chi connectivity index (χ4v) is 8.95. The second kappa shape index (κ2) is 16.0. The molecule has 1 atom stereocenters. The summed E-state index contributed by atoms with van der Waals surface area (Å²) in [5.41, 5.74) is 13.8. The molecule has 3 fully saturated rings. The smallest absolute Gasteiger partial charge is 0.406 e. The van der Waals surface area contributed by atoms with Gasteiger partial charge in [0.2, 0.25) is 11.8 Å². The predicted molar refractivity (Wildman–Crippen MR) is 206 cm³/mol. The third kappa shape index (κ3) is 8.70. The average Bonchev–Trinajstić information content (AvgIpc) is 3.75. The van der Waals surface area contributed by atoms with E-state index in [0.717, 1.165) is 100 Å². The van der Waals surface area contributed by atoms with Gasteiger partial charge in [0, 0.05) is 93.7 Å². The lowest BCUT2D eigenvalue weighted by molar-refractivity contribution is -0.274. The van der Waals surface area contributed by atoms with Crippen LogP contribution in [0.15, 0.2) is 66.9 Å². The lowest BCUT2D eigenvalue weighted by atomic mass is 9.95. The number of hydrogen-bond acceptors (Lipinski definition) is 8. The highest BCUT2D eigenvalue weighted by Gasteiger charge is 2.35. The quantitative estimate of drug-likeness (QED) is 0.188. The van der Waals surface area contributed by atoms with Crippen LogP contribution in [0, 0.1) is 5.92 Å². The number of piperidine rings is 2. The van der Waals surface area contributed by atoms with Crippen LogP contribution in [0.25, 0.3) is 22.0 Å². The van der Waals surface area contributed by atoms with Crippen molar-refractivity contribution in [3.63, 3.8) is 0 Å². The molecule has 4 aliphatic heterocycles. The number of rotatable bonds is 11. The summed E-state index contributed by atoms with van der Waals surface area (Å²) >= 11 is 0. The van der Waals surface area contributed by atoms with Gasteiger partial charge in [-0.25, -0.2) is 0 Å². The van der Waals surface area contributed by atoms with E-state index in [2.05, 4.69) is 76.8 Å². The lowest BCUT2D eigenvalue weighted by Gasteiger charge is -2.39. The van der Waals surface area contributed by atoms with E-state index < -0.39 is 6.36 Å². The Morgan fingerprint density at radius 2 is 1.60 bits per heavy atom. The highest BCUT2D eigenvalue weighted by molar-refractivity contribution is 6.00. The zero-order valence-electron chi connectivity index (χ0n) is 31.2. The van der Waals surface area contributed by atoms with Gasteiger partial charge in [-0.1, -0.05) is 24.3 Å². The van der Waals surface area contributed by atoms with Gasteiger partial charge in [0.25, 0.3) is 0 Å². The molecular weight excluding hydrogens is 708 g/mol. The van der Waals surface area contributed by atoms with Gasteiger partial charge in [0.15, 0.2) is 0 Å². The van der Waals surface area contributed by atoms with Crippen LogP contribution in [0.5, 0.6) is 5.75 Å². The molecule has 4 aromatic rings. The molecule has 5 heterocycles. The highest BCUT2D eigenvalue weighted by atomic mass is 19.4. The normalized spacial score (nSPS) is 20.7. The predicted octanol–water partition coefficient (Wildman–Crippen LogP) is 5.71. The van der Waals surface area contributed by atoms with Crippen LogP contribution in [-0.2, 0) is 35.8 Å². The number of nitrogens with two attached hydrogens (primary N) is 1. The van der Waals surface area contributed by atoms with Crippen molar-refractivity contribution < 1.29 is 27.5 Å². The van der Waals surface area contributed by atoms with Crippen LogP contribution in [-0.4, -0.2) is 95.8 Å². The highest BCUT2D eigenvalue weighted by Crippen LogP contribution is 2.35. The minimum atomic E-state index is -4.73. The number of piperazine rings is 1. The molecule has 2 amide bonds. The summed E-state index contributed by atoms with van der Waals surface area (Å²) < 4.78 is 44.6. The van der Waals surface area contributed by atoms with Crippen LogP contribution in [0.3, 0.4) is 0 Å². The standard InChI is InChI=1S/C42H50F3N7O3/c43-42(44,45)55-35-7-4-31(5-8-35)37-28-51(15-1-14-46)38-9-2-30(22-36(37)38)25-48-16-12-29(13-17-48)24-49-18-20-50(21-19-49)34-6-3-32-26-52(27-33(32)23-34)39-10-11-40(53)47-41(39)54/h2-9,22-23,28-29,39H,1,10-21,24-27,46H2,(H,47,53,54). The number of nitrogens with zero attached hydrogens (tertiary/aromatic N) is 5. The van der Waals surface area contributed by atoms with E-state index in [9.17, 15) is 22.8 Å². The van der Waals surface area contributed by atoms with Crippen LogP contribution in [0.1, 0.15) is 48.8 Å². The molecule has 13 heteroatoms. The van der Waals surface area contributed by atoms with Gasteiger partial charge >= 0.3 is 6.36 Å². The van der Waals surface area contributed by atoms with E-state index >= 15 is 0 Å². The molecule has 55 heavy (non-hydrogen) atoms. The first-order valence-corrected chi connectivity index (χ1v) is 19.7. The van der Waals surface area contributed by atoms with Gasteiger partial charge in [-0.3, -0.25) is 29.6 Å². The molecule has 1 unspecified atom stereocenters. The molecule has 4 aliphatic rings. The summed E-state index contributed by atoms with van der Waals surface area (Å²) in [6, 6.07) is 19.2. The number of halogens is 3. The summed E-state index contributed by atoms with van der Waals surface area (Å²) in [4.78, 5) is 33.9. The van der Waals surface area contributed by atoms with Crippen LogP contribution in [0.4, 0.5) is 18.9 Å². The van der Waals surface area contributed by atoms with Crippen molar-refractivity contribution in [1.82, 2.24) is 24.6 Å². The number of aryl methyl sites for hydroxylation is 1. The zero-order valence-corrected chi connectivity index (χ0v) is 31.2. The van der Waals surface area contributed by atoms with Crippen molar-refractivity contribution >= 4 is 28.4 Å². The molecule has 0 radical (unpaired) electrons. The van der Waals surface area contributed by atoms with Gasteiger partial charge in [0.05, 0.1) is 6.04 Å². The number of likely N-dealkylation sites (tertiary alicyclic amines) is 1. The molecule has 8 rings (SSSR count). The SMILES string of the molecule is NCCCn1cc(-c2ccc(OC(F)(F)F)cc2)c2cc(CN3CCC(CN4CCN(c5ccc6c(c5)CN(C5CCC(=O)NC5=O)C6)CC4)CC3)ccc21. The van der Waals surface area contributed by atoms with Crippen molar-refractivity contribution in [3.8, 4) is 16.9 Å². The van der Waals surface area contributed by atoms with Crippen LogP contribution in [0.2, 0.25) is 0 Å². The first-order chi connectivity index (χ1) is 26.6. The van der Waals surface area contributed by atoms with E-state index in [1.165, 1.54) is 47.4 Å². The van der Waals surface area contributed by atoms with E-state index in [0.29, 0.717) is 25.3 Å². The minimum Gasteiger partial charge on any atom is -0.406 e. The number of benzene rings is 3. The molecule has 0 saturated carbocycles. The number of aromatic nitrogens is 1. The molecule has 0 aliphatic carbocycles. The van der Waals surface area contributed by atoms with E-state index in [1.807, 2.05) is 0 Å². The summed E-state index contributed by atoms with van der Waals surface area (Å²) in [5, 5.41) is 3.59. The molecule has 1 aromatic heterocycles. The Balaban J connectivity index is 0.829. The number of carbonyl (C=O) groups excluding carboxylic acids is 2. The van der Waals surface area contributed by atoms with Crippen molar-refractivity contribution in [2.24, 2.45) is 11.7 Å². The third-order valence-corrected chi connectivity index (χ3v) is 11.9. The van der Waals surface area contributed by atoms with Gasteiger partial charge in [-0.05, 0) is 110 Å². The number of ether oxygens (including phenoxy) is 1. The molecule has 3 saturated heterocycles. The monoisotopic (exact) mass is 757 g/mol. The maximum absolute atomic E-state index is 12.8. The number of hydrogen-bond donors (Lipinski definition) is 2. The lowest BCUT2D eigenvalue weighted by Crippen LogP contribution is -2.50. The molecule has 292 valence electrons. The van der Waals surface area contributed by atoms with Crippen LogP contribution < -0.4 is 20.7 Å². The van der Waals surface area contributed by atoms with Crippen LogP contribution >= 0.6 is 0 Å². The molecule has 0 bridgehead atoms.